The Bertz CT molecular complexity index is 966. The number of benzene rings is 2. The van der Waals surface area contributed by atoms with Gasteiger partial charge in [0.2, 0.25) is 5.91 Å². The van der Waals surface area contributed by atoms with Crippen molar-refractivity contribution in [1.29, 1.82) is 0 Å². The van der Waals surface area contributed by atoms with Gasteiger partial charge in [0, 0.05) is 19.2 Å². The third-order valence-electron chi connectivity index (χ3n) is 4.82. The van der Waals surface area contributed by atoms with E-state index >= 15 is 0 Å². The predicted octanol–water partition coefficient (Wildman–Crippen LogP) is 4.67. The molecule has 0 aliphatic carbocycles. The summed E-state index contributed by atoms with van der Waals surface area (Å²) < 4.78 is 39.0. The minimum atomic E-state index is -1.03. The summed E-state index contributed by atoms with van der Waals surface area (Å²) in [4.78, 5) is 24.9. The molecule has 0 saturated carbocycles. The Morgan fingerprint density at radius 2 is 1.69 bits per heavy atom. The Labute approximate surface area is 186 Å². The summed E-state index contributed by atoms with van der Waals surface area (Å²) in [6.07, 6.45) is 1.28. The van der Waals surface area contributed by atoms with Gasteiger partial charge in [0.25, 0.3) is 0 Å². The van der Waals surface area contributed by atoms with Crippen LogP contribution in [0.15, 0.2) is 42.5 Å². The molecule has 2 rings (SSSR count). The van der Waals surface area contributed by atoms with E-state index in [1.54, 1.807) is 30.0 Å². The Kier molecular flexibility index (Phi) is 9.19. The van der Waals surface area contributed by atoms with Gasteiger partial charge in [-0.1, -0.05) is 12.1 Å². The zero-order chi connectivity index (χ0) is 23.7. The number of carboxylic acid groups (broad SMARTS) is 1. The first-order valence-corrected chi connectivity index (χ1v) is 10.3. The molecule has 0 aromatic heterocycles. The first kappa shape index (κ1) is 24.8. The number of carbonyl (C=O) groups excluding carboxylic acids is 1. The molecule has 2 aromatic rings. The van der Waals surface area contributed by atoms with Crippen LogP contribution in [0.2, 0.25) is 0 Å². The molecule has 0 fully saturated rings. The van der Waals surface area contributed by atoms with E-state index in [2.05, 4.69) is 0 Å². The van der Waals surface area contributed by atoms with E-state index in [9.17, 15) is 18.4 Å². The molecule has 172 valence electrons. The lowest BCUT2D eigenvalue weighted by molar-refractivity contribution is -0.137. The maximum atomic E-state index is 13.9. The summed E-state index contributed by atoms with van der Waals surface area (Å²) in [5.74, 6) is -2.21. The third-order valence-corrected chi connectivity index (χ3v) is 4.82. The number of carbonyl (C=O) groups is 2. The van der Waals surface area contributed by atoms with Gasteiger partial charge in [-0.05, 0) is 56.2 Å². The number of ether oxygens (including phenoxy) is 2. The molecule has 32 heavy (non-hydrogen) atoms. The zero-order valence-electron chi connectivity index (χ0n) is 18.4. The first-order chi connectivity index (χ1) is 15.3. The van der Waals surface area contributed by atoms with Crippen LogP contribution in [0.4, 0.5) is 8.78 Å². The molecule has 0 aliphatic rings. The van der Waals surface area contributed by atoms with Gasteiger partial charge in [-0.25, -0.2) is 8.78 Å². The molecule has 1 amide bonds. The lowest BCUT2D eigenvalue weighted by Gasteiger charge is -2.17. The quantitative estimate of drug-likeness (QED) is 0.507. The molecule has 0 atom stereocenters. The fourth-order valence-corrected chi connectivity index (χ4v) is 2.95. The van der Waals surface area contributed by atoms with Crippen LogP contribution in [-0.4, -0.2) is 41.6 Å². The summed E-state index contributed by atoms with van der Waals surface area (Å²) in [6.45, 7) is 6.23. The highest BCUT2D eigenvalue weighted by atomic mass is 19.1. The lowest BCUT2D eigenvalue weighted by Crippen LogP contribution is -2.28. The van der Waals surface area contributed by atoms with E-state index in [-0.39, 0.29) is 42.6 Å². The molecule has 0 unspecified atom stereocenters. The summed E-state index contributed by atoms with van der Waals surface area (Å²) in [5.41, 5.74) is 1.12. The van der Waals surface area contributed by atoms with Gasteiger partial charge in [0.05, 0.1) is 18.6 Å². The fraction of sp³-hybridized carbons (Fsp3) is 0.333. The third kappa shape index (κ3) is 6.80. The van der Waals surface area contributed by atoms with Crippen LogP contribution in [-0.2, 0) is 16.2 Å². The van der Waals surface area contributed by atoms with Crippen molar-refractivity contribution in [2.24, 2.45) is 0 Å². The number of halogens is 2. The minimum absolute atomic E-state index is 0.121. The fourth-order valence-electron chi connectivity index (χ4n) is 2.95. The molecule has 0 aliphatic heterocycles. The lowest BCUT2D eigenvalue weighted by atomic mass is 10.1. The van der Waals surface area contributed by atoms with E-state index in [4.69, 9.17) is 14.6 Å². The van der Waals surface area contributed by atoms with E-state index in [0.717, 1.165) is 12.1 Å². The summed E-state index contributed by atoms with van der Waals surface area (Å²) in [7, 11) is 0. The SMILES string of the molecule is CCN(CC)C(=O)/C=C(/C)c1ccc(OCc2c(F)cccc2F)c(OCCC(=O)O)c1. The number of hydrogen-bond donors (Lipinski definition) is 1. The van der Waals surface area contributed by atoms with Gasteiger partial charge in [0.1, 0.15) is 18.2 Å². The number of aliphatic carboxylic acids is 1. The van der Waals surface area contributed by atoms with Gasteiger partial charge in [0.15, 0.2) is 11.5 Å². The number of allylic oxidation sites excluding steroid dienone is 1. The van der Waals surface area contributed by atoms with Gasteiger partial charge in [-0.15, -0.1) is 0 Å². The second-order valence-electron chi connectivity index (χ2n) is 6.98. The maximum Gasteiger partial charge on any atom is 0.306 e. The molecule has 0 spiro atoms. The number of rotatable bonds is 11. The molecule has 6 nitrogen and oxygen atoms in total. The van der Waals surface area contributed by atoms with Crippen LogP contribution in [0, 0.1) is 11.6 Å². The molecule has 0 radical (unpaired) electrons. The van der Waals surface area contributed by atoms with Crippen LogP contribution < -0.4 is 9.47 Å². The number of hydrogen-bond acceptors (Lipinski definition) is 4. The number of nitrogens with zero attached hydrogens (tertiary/aromatic N) is 1. The Hall–Kier alpha value is -3.42. The largest absolute Gasteiger partial charge is 0.489 e. The van der Waals surface area contributed by atoms with Crippen LogP contribution in [0.5, 0.6) is 11.5 Å². The number of likely N-dealkylation sites (N-methyl/N-ethyl adjacent to an activating group) is 1. The van der Waals surface area contributed by atoms with Crippen LogP contribution in [0.3, 0.4) is 0 Å². The summed E-state index contributed by atoms with van der Waals surface area (Å²) in [5, 5.41) is 8.87. The highest BCUT2D eigenvalue weighted by Crippen LogP contribution is 2.32. The van der Waals surface area contributed by atoms with Crippen molar-refractivity contribution in [3.8, 4) is 11.5 Å². The summed E-state index contributed by atoms with van der Waals surface area (Å²) in [6, 6.07) is 8.39. The minimum Gasteiger partial charge on any atom is -0.489 e. The standard InChI is InChI=1S/C24H27F2NO5/c1-4-27(5-2)23(28)13-16(3)17-9-10-21(22(14-17)31-12-11-24(29)30)32-15-18-19(25)7-6-8-20(18)26/h6-10,13-14H,4-5,11-12,15H2,1-3H3,(H,29,30)/b16-13-. The average molecular weight is 447 g/mol. The first-order valence-electron chi connectivity index (χ1n) is 10.3. The molecular formula is C24H27F2NO5. The topological polar surface area (TPSA) is 76.1 Å². The van der Waals surface area contributed by atoms with Gasteiger partial charge >= 0.3 is 5.97 Å². The Morgan fingerprint density at radius 3 is 2.28 bits per heavy atom. The van der Waals surface area contributed by atoms with E-state index in [0.29, 0.717) is 24.2 Å². The smallest absolute Gasteiger partial charge is 0.306 e. The van der Waals surface area contributed by atoms with Crippen molar-refractivity contribution < 1.29 is 33.0 Å². The molecule has 8 heteroatoms. The zero-order valence-corrected chi connectivity index (χ0v) is 18.4. The van der Waals surface area contributed by atoms with Crippen LogP contribution >= 0.6 is 0 Å². The van der Waals surface area contributed by atoms with Crippen molar-refractivity contribution in [1.82, 2.24) is 4.90 Å². The van der Waals surface area contributed by atoms with Crippen molar-refractivity contribution in [2.75, 3.05) is 19.7 Å². The number of carboxylic acids is 1. The normalized spacial score (nSPS) is 11.2. The van der Waals surface area contributed by atoms with Crippen LogP contribution in [0.25, 0.3) is 5.57 Å². The van der Waals surface area contributed by atoms with E-state index in [1.807, 2.05) is 13.8 Å². The maximum absolute atomic E-state index is 13.9. The summed E-state index contributed by atoms with van der Waals surface area (Å²) >= 11 is 0. The van der Waals surface area contributed by atoms with Gasteiger partial charge in [-0.2, -0.15) is 0 Å². The Morgan fingerprint density at radius 1 is 1.03 bits per heavy atom. The highest BCUT2D eigenvalue weighted by Gasteiger charge is 2.14. The molecule has 2 aromatic carbocycles. The van der Waals surface area contributed by atoms with E-state index < -0.39 is 17.6 Å². The monoisotopic (exact) mass is 447 g/mol. The Balaban J connectivity index is 2.29. The molecule has 0 saturated heterocycles. The second-order valence-corrected chi connectivity index (χ2v) is 6.98. The van der Waals surface area contributed by atoms with Crippen LogP contribution in [0.1, 0.15) is 38.3 Å². The molecular weight excluding hydrogens is 420 g/mol. The van der Waals surface area contributed by atoms with Crippen molar-refractivity contribution >= 4 is 17.4 Å². The van der Waals surface area contributed by atoms with Crippen molar-refractivity contribution in [3.05, 3.63) is 65.2 Å². The van der Waals surface area contributed by atoms with Crippen molar-refractivity contribution in [3.63, 3.8) is 0 Å². The van der Waals surface area contributed by atoms with E-state index in [1.165, 1.54) is 12.1 Å². The predicted molar refractivity (Wildman–Crippen MR) is 116 cm³/mol. The highest BCUT2D eigenvalue weighted by molar-refractivity contribution is 5.95. The second kappa shape index (κ2) is 11.8. The van der Waals surface area contributed by atoms with Crippen molar-refractivity contribution in [2.45, 2.75) is 33.8 Å². The average Bonchev–Trinajstić information content (AvgIpc) is 2.74. The molecule has 0 bridgehead atoms. The molecule has 1 N–H and O–H groups in total. The number of amides is 1. The van der Waals surface area contributed by atoms with Gasteiger partial charge < -0.3 is 19.5 Å². The molecule has 0 heterocycles. The van der Waals surface area contributed by atoms with Gasteiger partial charge in [-0.3, -0.25) is 9.59 Å².